The summed E-state index contributed by atoms with van der Waals surface area (Å²) in [5.74, 6) is -1.53. The fourth-order valence-electron chi connectivity index (χ4n) is 2.63. The van der Waals surface area contributed by atoms with E-state index in [-0.39, 0.29) is 19.3 Å². The number of hydrogen-bond acceptors (Lipinski definition) is 7. The standard InChI is InChI=1S/C15H27N2O8P/c1-4-10(17-7-6-12(19)16-15(17)22)14(21)11(18)8-9(3)25-26(23,24)13(20)5-2/h6-7,9-11,13-14,18,20-21H,4-5,8H2,1-3H3,(H,23,24)(H,16,19,22)/t9?,10-,11?,13?,14-/m0/s1. The summed E-state index contributed by atoms with van der Waals surface area (Å²) in [5, 5.41) is 30.1. The second-order valence-corrected chi connectivity index (χ2v) is 8.09. The number of aliphatic hydroxyl groups excluding tert-OH is 3. The molecule has 150 valence electrons. The van der Waals surface area contributed by atoms with Crippen molar-refractivity contribution in [3.8, 4) is 0 Å². The molecule has 6 atom stereocenters. The predicted molar refractivity (Wildman–Crippen MR) is 94.0 cm³/mol. The lowest BCUT2D eigenvalue weighted by molar-refractivity contribution is -0.0349. The molecule has 0 saturated heterocycles. The van der Waals surface area contributed by atoms with Crippen LogP contribution in [0.2, 0.25) is 0 Å². The molecule has 0 amide bonds. The number of aliphatic hydroxyl groups is 3. The monoisotopic (exact) mass is 394 g/mol. The molecule has 11 heteroatoms. The normalized spacial score (nSPS) is 20.0. The van der Waals surface area contributed by atoms with Crippen LogP contribution in [0.15, 0.2) is 21.9 Å². The first kappa shape index (κ1) is 22.8. The van der Waals surface area contributed by atoms with Crippen LogP contribution in [0.1, 0.15) is 46.1 Å². The number of nitrogens with one attached hydrogen (secondary N) is 1. The molecule has 0 aliphatic rings. The van der Waals surface area contributed by atoms with Gasteiger partial charge in [0.2, 0.25) is 0 Å². The molecule has 0 aliphatic carbocycles. The Labute approximate surface area is 150 Å². The summed E-state index contributed by atoms with van der Waals surface area (Å²) < 4.78 is 17.9. The van der Waals surface area contributed by atoms with Crippen molar-refractivity contribution in [1.82, 2.24) is 9.55 Å². The van der Waals surface area contributed by atoms with Crippen LogP contribution in [0.25, 0.3) is 0 Å². The highest BCUT2D eigenvalue weighted by Crippen LogP contribution is 2.49. The summed E-state index contributed by atoms with van der Waals surface area (Å²) in [4.78, 5) is 34.8. The highest BCUT2D eigenvalue weighted by Gasteiger charge is 2.34. The zero-order valence-corrected chi connectivity index (χ0v) is 15.9. The first-order valence-electron chi connectivity index (χ1n) is 8.40. The predicted octanol–water partition coefficient (Wildman–Crippen LogP) is -0.0815. The maximum atomic E-state index is 11.9. The number of H-pyrrole nitrogens is 1. The Bertz CT molecular complexity index is 733. The van der Waals surface area contributed by atoms with E-state index in [2.05, 4.69) is 4.98 Å². The molecule has 26 heavy (non-hydrogen) atoms. The molecule has 0 saturated carbocycles. The van der Waals surface area contributed by atoms with E-state index < -0.39 is 49.0 Å². The van der Waals surface area contributed by atoms with Crippen LogP contribution < -0.4 is 11.2 Å². The van der Waals surface area contributed by atoms with Crippen molar-refractivity contribution in [1.29, 1.82) is 0 Å². The summed E-state index contributed by atoms with van der Waals surface area (Å²) in [7, 11) is -4.26. The summed E-state index contributed by atoms with van der Waals surface area (Å²) in [5.41, 5.74) is -1.29. The smallest absolute Gasteiger partial charge is 0.356 e. The van der Waals surface area contributed by atoms with E-state index in [1.54, 1.807) is 6.92 Å². The van der Waals surface area contributed by atoms with Gasteiger partial charge in [-0.25, -0.2) is 4.79 Å². The zero-order chi connectivity index (χ0) is 20.1. The van der Waals surface area contributed by atoms with E-state index in [9.17, 15) is 34.4 Å². The van der Waals surface area contributed by atoms with Crippen molar-refractivity contribution in [2.45, 2.75) is 70.2 Å². The molecule has 0 radical (unpaired) electrons. The molecule has 0 aromatic carbocycles. The zero-order valence-electron chi connectivity index (χ0n) is 15.0. The van der Waals surface area contributed by atoms with Gasteiger partial charge in [0, 0.05) is 18.7 Å². The van der Waals surface area contributed by atoms with Crippen LogP contribution in [-0.2, 0) is 9.09 Å². The van der Waals surface area contributed by atoms with E-state index in [4.69, 9.17) is 4.52 Å². The minimum atomic E-state index is -4.26. The van der Waals surface area contributed by atoms with Gasteiger partial charge in [-0.1, -0.05) is 13.8 Å². The van der Waals surface area contributed by atoms with Gasteiger partial charge < -0.3 is 24.7 Å². The van der Waals surface area contributed by atoms with Crippen LogP contribution >= 0.6 is 7.60 Å². The Kier molecular flexibility index (Phi) is 8.39. The fourth-order valence-corrected chi connectivity index (χ4v) is 3.83. The molecule has 1 heterocycles. The van der Waals surface area contributed by atoms with Crippen molar-refractivity contribution in [2.75, 3.05) is 0 Å². The third kappa shape index (κ3) is 5.87. The minimum Gasteiger partial charge on any atom is -0.390 e. The van der Waals surface area contributed by atoms with Crippen LogP contribution in [0.4, 0.5) is 0 Å². The van der Waals surface area contributed by atoms with Crippen LogP contribution in [0.3, 0.4) is 0 Å². The van der Waals surface area contributed by atoms with Crippen molar-refractivity contribution in [3.05, 3.63) is 33.1 Å². The Hall–Kier alpha value is -1.29. The first-order valence-corrected chi connectivity index (χ1v) is 10.0. The van der Waals surface area contributed by atoms with Crippen molar-refractivity contribution < 1.29 is 29.3 Å². The molecular weight excluding hydrogens is 367 g/mol. The number of hydrogen-bond donors (Lipinski definition) is 5. The van der Waals surface area contributed by atoms with Crippen LogP contribution in [-0.4, -0.2) is 53.9 Å². The lowest BCUT2D eigenvalue weighted by Crippen LogP contribution is -2.42. The lowest BCUT2D eigenvalue weighted by Gasteiger charge is -2.29. The van der Waals surface area contributed by atoms with E-state index in [0.29, 0.717) is 0 Å². The Balaban J connectivity index is 2.84. The molecule has 0 aliphatic heterocycles. The third-order valence-corrected chi connectivity index (χ3v) is 5.84. The molecule has 0 fully saturated rings. The first-order chi connectivity index (χ1) is 12.0. The van der Waals surface area contributed by atoms with Gasteiger partial charge >= 0.3 is 13.3 Å². The Morgan fingerprint density at radius 1 is 1.23 bits per heavy atom. The van der Waals surface area contributed by atoms with Crippen molar-refractivity contribution in [2.24, 2.45) is 0 Å². The number of aromatic amines is 1. The number of nitrogens with zero attached hydrogens (tertiary/aromatic N) is 1. The maximum absolute atomic E-state index is 11.9. The van der Waals surface area contributed by atoms with E-state index in [1.807, 2.05) is 0 Å². The van der Waals surface area contributed by atoms with Gasteiger partial charge in [-0.05, 0) is 19.8 Å². The fraction of sp³-hybridized carbons (Fsp3) is 0.733. The van der Waals surface area contributed by atoms with Gasteiger partial charge in [0.1, 0.15) is 6.10 Å². The van der Waals surface area contributed by atoms with E-state index in [1.165, 1.54) is 20.0 Å². The molecule has 0 spiro atoms. The van der Waals surface area contributed by atoms with Gasteiger partial charge in [-0.3, -0.25) is 18.9 Å². The maximum Gasteiger partial charge on any atom is 0.356 e. The van der Waals surface area contributed by atoms with E-state index >= 15 is 0 Å². The molecule has 1 aromatic rings. The lowest BCUT2D eigenvalue weighted by atomic mass is 9.99. The molecule has 10 nitrogen and oxygen atoms in total. The summed E-state index contributed by atoms with van der Waals surface area (Å²) in [6.45, 7) is 4.64. The SMILES string of the molecule is CCC(O)P(=O)(O)OC(C)CC(O)[C@@H](O)[C@H](CC)n1ccc(=O)[nH]c1=O. The molecule has 5 N–H and O–H groups in total. The van der Waals surface area contributed by atoms with Crippen LogP contribution in [0.5, 0.6) is 0 Å². The van der Waals surface area contributed by atoms with Gasteiger partial charge in [0.25, 0.3) is 5.56 Å². The highest BCUT2D eigenvalue weighted by molar-refractivity contribution is 7.53. The second kappa shape index (κ2) is 9.59. The Morgan fingerprint density at radius 3 is 2.35 bits per heavy atom. The summed E-state index contributed by atoms with van der Waals surface area (Å²) in [6.07, 6.45) is -2.34. The molecule has 4 unspecified atom stereocenters. The number of rotatable bonds is 10. The topological polar surface area (TPSA) is 162 Å². The van der Waals surface area contributed by atoms with Gasteiger partial charge in [0.15, 0.2) is 5.85 Å². The minimum absolute atomic E-state index is 0.0265. The molecular formula is C15H27N2O8P. The van der Waals surface area contributed by atoms with Crippen molar-refractivity contribution in [3.63, 3.8) is 0 Å². The second-order valence-electron chi connectivity index (χ2n) is 6.16. The Morgan fingerprint density at radius 2 is 1.85 bits per heavy atom. The van der Waals surface area contributed by atoms with Gasteiger partial charge in [0.05, 0.1) is 18.2 Å². The average molecular weight is 394 g/mol. The summed E-state index contributed by atoms with van der Waals surface area (Å²) in [6, 6.07) is 0.312. The largest absolute Gasteiger partial charge is 0.390 e. The van der Waals surface area contributed by atoms with E-state index in [0.717, 1.165) is 10.6 Å². The number of aromatic nitrogens is 2. The molecule has 1 rings (SSSR count). The third-order valence-electron chi connectivity index (χ3n) is 4.06. The summed E-state index contributed by atoms with van der Waals surface area (Å²) >= 11 is 0. The van der Waals surface area contributed by atoms with Crippen molar-refractivity contribution >= 4 is 7.60 Å². The average Bonchev–Trinajstić information content (AvgIpc) is 2.55. The van der Waals surface area contributed by atoms with Gasteiger partial charge in [-0.15, -0.1) is 0 Å². The quantitative estimate of drug-likeness (QED) is 0.344. The highest BCUT2D eigenvalue weighted by atomic mass is 31.2. The van der Waals surface area contributed by atoms with Crippen LogP contribution in [0, 0.1) is 0 Å². The molecule has 1 aromatic heterocycles. The molecule has 0 bridgehead atoms. The van der Waals surface area contributed by atoms with Gasteiger partial charge in [-0.2, -0.15) is 0 Å².